The molecule has 0 radical (unpaired) electrons. The Morgan fingerprint density at radius 1 is 1.10 bits per heavy atom. The molecule has 1 aliphatic rings. The van der Waals surface area contributed by atoms with Crippen LogP contribution in [0, 0.1) is 11.6 Å². The summed E-state index contributed by atoms with van der Waals surface area (Å²) in [4.78, 5) is 16.6. The maximum Gasteiger partial charge on any atom is 0.271 e. The van der Waals surface area contributed by atoms with Crippen LogP contribution in [0.5, 0.6) is 5.75 Å². The Kier molecular flexibility index (Phi) is 5.76. The zero-order chi connectivity index (χ0) is 21.1. The predicted molar refractivity (Wildman–Crippen MR) is 108 cm³/mol. The molecule has 2 heterocycles. The summed E-state index contributed by atoms with van der Waals surface area (Å²) < 4.78 is 32.4. The van der Waals surface area contributed by atoms with Crippen molar-refractivity contribution in [3.05, 3.63) is 71.4 Å². The number of amides is 1. The number of benzene rings is 2. The molecule has 1 amide bonds. The molecule has 3 aromatic rings. The van der Waals surface area contributed by atoms with E-state index in [2.05, 4.69) is 10.2 Å². The Balaban J connectivity index is 1.36. The van der Waals surface area contributed by atoms with Gasteiger partial charge in [-0.2, -0.15) is 5.10 Å². The van der Waals surface area contributed by atoms with E-state index in [1.54, 1.807) is 24.1 Å². The molecular weight excluding hydrogens is 390 g/mol. The first kappa shape index (κ1) is 20.0. The minimum atomic E-state index is -0.840. The SMILES string of the molecule is COc1ccc(-c2cc(C(=O)N3CCN(Cc4cccc(F)c4F)CC3)[nH]n2)cc1. The van der Waals surface area contributed by atoms with Crippen LogP contribution < -0.4 is 4.74 Å². The highest BCUT2D eigenvalue weighted by Gasteiger charge is 2.24. The van der Waals surface area contributed by atoms with Gasteiger partial charge in [-0.25, -0.2) is 8.78 Å². The number of hydrogen-bond acceptors (Lipinski definition) is 4. The number of methoxy groups -OCH3 is 1. The molecule has 0 spiro atoms. The average Bonchev–Trinajstić information content (AvgIpc) is 3.27. The molecule has 6 nitrogen and oxygen atoms in total. The lowest BCUT2D eigenvalue weighted by Gasteiger charge is -2.34. The second-order valence-electron chi connectivity index (χ2n) is 7.18. The number of nitrogens with zero attached hydrogens (tertiary/aromatic N) is 3. The van der Waals surface area contributed by atoms with Crippen LogP contribution in [0.15, 0.2) is 48.5 Å². The predicted octanol–water partition coefficient (Wildman–Crippen LogP) is 3.32. The van der Waals surface area contributed by atoms with Gasteiger partial charge in [0.05, 0.1) is 12.8 Å². The average molecular weight is 412 g/mol. The number of carbonyl (C=O) groups excluding carboxylic acids is 1. The summed E-state index contributed by atoms with van der Waals surface area (Å²) in [5.41, 5.74) is 2.31. The number of rotatable bonds is 5. The van der Waals surface area contributed by atoms with Gasteiger partial charge in [0.25, 0.3) is 5.91 Å². The summed E-state index contributed by atoms with van der Waals surface area (Å²) in [6.45, 7) is 2.50. The topological polar surface area (TPSA) is 61.5 Å². The van der Waals surface area contributed by atoms with E-state index in [-0.39, 0.29) is 5.91 Å². The molecule has 0 aliphatic carbocycles. The van der Waals surface area contributed by atoms with Crippen molar-refractivity contribution >= 4 is 5.91 Å². The van der Waals surface area contributed by atoms with E-state index in [0.29, 0.717) is 49.7 Å². The van der Waals surface area contributed by atoms with Crippen LogP contribution in [0.4, 0.5) is 8.78 Å². The minimum absolute atomic E-state index is 0.126. The molecule has 1 aromatic heterocycles. The standard InChI is InChI=1S/C22H22F2N4O2/c1-30-17-7-5-15(6-8-17)19-13-20(26-25-19)22(29)28-11-9-27(10-12-28)14-16-3-2-4-18(23)21(16)24/h2-8,13H,9-12,14H2,1H3,(H,25,26). The molecule has 1 fully saturated rings. The summed E-state index contributed by atoms with van der Waals surface area (Å²) in [7, 11) is 1.61. The molecule has 0 saturated carbocycles. The first-order chi connectivity index (χ1) is 14.5. The minimum Gasteiger partial charge on any atom is -0.497 e. The third kappa shape index (κ3) is 4.18. The van der Waals surface area contributed by atoms with Gasteiger partial charge in [-0.05, 0) is 36.4 Å². The fourth-order valence-corrected chi connectivity index (χ4v) is 3.53. The van der Waals surface area contributed by atoms with E-state index in [4.69, 9.17) is 4.74 Å². The van der Waals surface area contributed by atoms with Gasteiger partial charge in [-0.15, -0.1) is 0 Å². The van der Waals surface area contributed by atoms with Gasteiger partial charge in [0, 0.05) is 43.9 Å². The second-order valence-corrected chi connectivity index (χ2v) is 7.18. The Morgan fingerprint density at radius 3 is 2.53 bits per heavy atom. The first-order valence-electron chi connectivity index (χ1n) is 9.69. The number of aromatic nitrogens is 2. The molecule has 0 bridgehead atoms. The van der Waals surface area contributed by atoms with Gasteiger partial charge >= 0.3 is 0 Å². The van der Waals surface area contributed by atoms with Crippen LogP contribution in [0.3, 0.4) is 0 Å². The van der Waals surface area contributed by atoms with Crippen LogP contribution in [-0.2, 0) is 6.54 Å². The molecule has 30 heavy (non-hydrogen) atoms. The van der Waals surface area contributed by atoms with Crippen molar-refractivity contribution in [3.8, 4) is 17.0 Å². The van der Waals surface area contributed by atoms with Gasteiger partial charge in [0.15, 0.2) is 11.6 Å². The van der Waals surface area contributed by atoms with E-state index in [0.717, 1.165) is 17.4 Å². The van der Waals surface area contributed by atoms with Crippen molar-refractivity contribution in [2.45, 2.75) is 6.54 Å². The molecule has 156 valence electrons. The fraction of sp³-hybridized carbons (Fsp3) is 0.273. The summed E-state index contributed by atoms with van der Waals surface area (Å²) in [6, 6.07) is 13.4. The number of aromatic amines is 1. The Labute approximate surface area is 173 Å². The highest BCUT2D eigenvalue weighted by atomic mass is 19.2. The Bertz CT molecular complexity index is 1030. The van der Waals surface area contributed by atoms with Crippen LogP contribution in [0.2, 0.25) is 0 Å². The normalized spacial score (nSPS) is 14.7. The van der Waals surface area contributed by atoms with Gasteiger partial charge in [0.1, 0.15) is 11.4 Å². The molecule has 1 N–H and O–H groups in total. The summed E-state index contributed by atoms with van der Waals surface area (Å²) >= 11 is 0. The largest absolute Gasteiger partial charge is 0.497 e. The van der Waals surface area contributed by atoms with Crippen LogP contribution >= 0.6 is 0 Å². The van der Waals surface area contributed by atoms with Gasteiger partial charge in [0.2, 0.25) is 0 Å². The number of hydrogen-bond donors (Lipinski definition) is 1. The molecule has 0 atom stereocenters. The third-order valence-electron chi connectivity index (χ3n) is 5.28. The molecule has 1 aliphatic heterocycles. The van der Waals surface area contributed by atoms with Gasteiger partial charge in [-0.1, -0.05) is 12.1 Å². The van der Waals surface area contributed by atoms with E-state index in [1.165, 1.54) is 6.07 Å². The number of ether oxygens (including phenoxy) is 1. The van der Waals surface area contributed by atoms with E-state index >= 15 is 0 Å². The number of H-pyrrole nitrogens is 1. The Hall–Kier alpha value is -3.26. The number of nitrogens with one attached hydrogen (secondary N) is 1. The zero-order valence-electron chi connectivity index (χ0n) is 16.6. The fourth-order valence-electron chi connectivity index (χ4n) is 3.53. The van der Waals surface area contributed by atoms with Crippen molar-refractivity contribution < 1.29 is 18.3 Å². The van der Waals surface area contributed by atoms with Crippen molar-refractivity contribution in [1.29, 1.82) is 0 Å². The van der Waals surface area contributed by atoms with Crippen molar-refractivity contribution in [3.63, 3.8) is 0 Å². The maximum absolute atomic E-state index is 13.9. The van der Waals surface area contributed by atoms with Crippen LogP contribution in [0.25, 0.3) is 11.3 Å². The molecule has 0 unspecified atom stereocenters. The molecular formula is C22H22F2N4O2. The summed E-state index contributed by atoms with van der Waals surface area (Å²) in [5, 5.41) is 7.06. The lowest BCUT2D eigenvalue weighted by atomic mass is 10.1. The van der Waals surface area contributed by atoms with Crippen LogP contribution in [0.1, 0.15) is 16.1 Å². The number of piperazine rings is 1. The lowest BCUT2D eigenvalue weighted by molar-refractivity contribution is 0.0621. The monoisotopic (exact) mass is 412 g/mol. The maximum atomic E-state index is 13.9. The second kappa shape index (κ2) is 8.62. The first-order valence-corrected chi connectivity index (χ1v) is 9.69. The van der Waals surface area contributed by atoms with Crippen molar-refractivity contribution in [2.24, 2.45) is 0 Å². The summed E-state index contributed by atoms with van der Waals surface area (Å²) in [6.07, 6.45) is 0. The smallest absolute Gasteiger partial charge is 0.271 e. The van der Waals surface area contributed by atoms with Gasteiger partial charge < -0.3 is 9.64 Å². The highest BCUT2D eigenvalue weighted by molar-refractivity contribution is 5.93. The molecule has 8 heteroatoms. The van der Waals surface area contributed by atoms with Crippen LogP contribution in [-0.4, -0.2) is 59.2 Å². The lowest BCUT2D eigenvalue weighted by Crippen LogP contribution is -2.48. The van der Waals surface area contributed by atoms with Crippen molar-refractivity contribution in [1.82, 2.24) is 20.0 Å². The van der Waals surface area contributed by atoms with E-state index < -0.39 is 11.6 Å². The number of carbonyl (C=O) groups is 1. The number of halogens is 2. The molecule has 2 aromatic carbocycles. The molecule has 4 rings (SSSR count). The highest BCUT2D eigenvalue weighted by Crippen LogP contribution is 2.22. The Morgan fingerprint density at radius 2 is 1.83 bits per heavy atom. The summed E-state index contributed by atoms with van der Waals surface area (Å²) in [5.74, 6) is -1.02. The zero-order valence-corrected chi connectivity index (χ0v) is 16.6. The van der Waals surface area contributed by atoms with Gasteiger partial charge in [-0.3, -0.25) is 14.8 Å². The quantitative estimate of drug-likeness (QED) is 0.699. The third-order valence-corrected chi connectivity index (χ3v) is 5.28. The molecule has 1 saturated heterocycles. The van der Waals surface area contributed by atoms with E-state index in [1.807, 2.05) is 29.2 Å². The van der Waals surface area contributed by atoms with E-state index in [9.17, 15) is 13.6 Å². The van der Waals surface area contributed by atoms with Crippen molar-refractivity contribution in [2.75, 3.05) is 33.3 Å².